The molecule has 0 spiro atoms. The van der Waals surface area contributed by atoms with Crippen molar-refractivity contribution in [2.75, 3.05) is 12.0 Å². The first-order valence-corrected chi connectivity index (χ1v) is 10.5. The lowest BCUT2D eigenvalue weighted by Gasteiger charge is -2.36. The zero-order valence-electron chi connectivity index (χ0n) is 17.5. The van der Waals surface area contributed by atoms with Crippen molar-refractivity contribution in [3.8, 4) is 0 Å². The first kappa shape index (κ1) is 20.2. The molecule has 2 aliphatic heterocycles. The Balaban J connectivity index is 1.76. The Bertz CT molecular complexity index is 1120. The highest BCUT2D eigenvalue weighted by Crippen LogP contribution is 2.52. The maximum atomic E-state index is 13.9. The average molecular weight is 426 g/mol. The summed E-state index contributed by atoms with van der Waals surface area (Å²) in [7, 11) is 1.29. The molecule has 3 aromatic rings. The number of nitrogens with zero attached hydrogens (tertiary/aromatic N) is 1. The number of nitrogens with one attached hydrogen (secondary N) is 1. The van der Waals surface area contributed by atoms with Crippen molar-refractivity contribution in [3.05, 3.63) is 102 Å². The molecule has 3 atom stereocenters. The number of carbonyl (C=O) groups excluding carboxylic acids is 3. The van der Waals surface area contributed by atoms with Crippen LogP contribution < -0.4 is 10.2 Å². The van der Waals surface area contributed by atoms with Crippen LogP contribution in [-0.4, -0.2) is 30.9 Å². The van der Waals surface area contributed by atoms with Gasteiger partial charge in [0.25, 0.3) is 0 Å². The second-order valence-corrected chi connectivity index (χ2v) is 8.04. The van der Waals surface area contributed by atoms with Crippen molar-refractivity contribution in [2.45, 2.75) is 11.6 Å². The molecule has 2 aliphatic rings. The Kier molecular flexibility index (Phi) is 4.87. The Morgan fingerprint density at radius 2 is 1.31 bits per heavy atom. The third-order valence-corrected chi connectivity index (χ3v) is 6.49. The molecule has 5 rings (SSSR count). The van der Waals surface area contributed by atoms with Gasteiger partial charge in [0, 0.05) is 0 Å². The molecule has 32 heavy (non-hydrogen) atoms. The molecule has 0 aliphatic carbocycles. The standard InChI is InChI=1S/C26H22N2O4/c1-32-25(31)22-20-21(24(30)28(23(20)29)19-15-9-4-10-16-19)26(27-22,17-11-5-2-6-12-17)18-13-7-3-8-14-18/h2-16,20-22,27H,1H3/t20-,21-,22+/m1/s1. The monoisotopic (exact) mass is 426 g/mol. The number of para-hydroxylation sites is 1. The van der Waals surface area contributed by atoms with E-state index in [1.165, 1.54) is 12.0 Å². The Morgan fingerprint density at radius 3 is 1.81 bits per heavy atom. The molecule has 160 valence electrons. The summed E-state index contributed by atoms with van der Waals surface area (Å²) >= 11 is 0. The highest BCUT2D eigenvalue weighted by atomic mass is 16.5. The van der Waals surface area contributed by atoms with Gasteiger partial charge in [-0.1, -0.05) is 78.9 Å². The van der Waals surface area contributed by atoms with Crippen molar-refractivity contribution in [2.24, 2.45) is 11.8 Å². The van der Waals surface area contributed by atoms with Crippen LogP contribution in [0.15, 0.2) is 91.0 Å². The van der Waals surface area contributed by atoms with Crippen LogP contribution in [0.2, 0.25) is 0 Å². The predicted octanol–water partition coefficient (Wildman–Crippen LogP) is 2.88. The van der Waals surface area contributed by atoms with E-state index in [-0.39, 0.29) is 5.91 Å². The molecule has 0 aromatic heterocycles. The summed E-state index contributed by atoms with van der Waals surface area (Å²) in [5, 5.41) is 3.38. The smallest absolute Gasteiger partial charge is 0.323 e. The maximum Gasteiger partial charge on any atom is 0.323 e. The van der Waals surface area contributed by atoms with Crippen LogP contribution in [0.1, 0.15) is 11.1 Å². The van der Waals surface area contributed by atoms with Gasteiger partial charge in [-0.2, -0.15) is 0 Å². The first-order chi connectivity index (χ1) is 15.6. The molecule has 3 aromatic carbocycles. The molecule has 0 saturated carbocycles. The summed E-state index contributed by atoms with van der Waals surface area (Å²) in [5.41, 5.74) is 1.05. The summed E-state index contributed by atoms with van der Waals surface area (Å²) in [6.07, 6.45) is 0. The van der Waals surface area contributed by atoms with E-state index in [4.69, 9.17) is 4.74 Å². The number of methoxy groups -OCH3 is 1. The first-order valence-electron chi connectivity index (χ1n) is 10.5. The number of amides is 2. The molecule has 6 heteroatoms. The van der Waals surface area contributed by atoms with E-state index in [0.717, 1.165) is 11.1 Å². The zero-order chi connectivity index (χ0) is 22.3. The summed E-state index contributed by atoms with van der Waals surface area (Å²) in [4.78, 5) is 41.6. The minimum Gasteiger partial charge on any atom is -0.468 e. The molecule has 0 radical (unpaired) electrons. The quantitative estimate of drug-likeness (QED) is 0.513. The SMILES string of the molecule is COC(=O)[C@H]1NC(c2ccccc2)(c2ccccc2)[C@H]2C(=O)N(c3ccccc3)C(=O)[C@@H]12. The molecular formula is C26H22N2O4. The van der Waals surface area contributed by atoms with Crippen molar-refractivity contribution in [3.63, 3.8) is 0 Å². The van der Waals surface area contributed by atoms with Gasteiger partial charge >= 0.3 is 5.97 Å². The van der Waals surface area contributed by atoms with E-state index in [9.17, 15) is 14.4 Å². The number of hydrogen-bond acceptors (Lipinski definition) is 5. The van der Waals surface area contributed by atoms with Crippen LogP contribution in [0.3, 0.4) is 0 Å². The molecular weight excluding hydrogens is 404 g/mol. The number of imide groups is 1. The molecule has 0 unspecified atom stereocenters. The van der Waals surface area contributed by atoms with Gasteiger partial charge in [-0.25, -0.2) is 4.90 Å². The topological polar surface area (TPSA) is 75.7 Å². The molecule has 0 bridgehead atoms. The van der Waals surface area contributed by atoms with Gasteiger partial charge in [0.1, 0.15) is 6.04 Å². The molecule has 2 saturated heterocycles. The number of rotatable bonds is 4. The van der Waals surface area contributed by atoms with E-state index in [2.05, 4.69) is 5.32 Å². The predicted molar refractivity (Wildman–Crippen MR) is 119 cm³/mol. The van der Waals surface area contributed by atoms with Crippen LogP contribution in [0.25, 0.3) is 0 Å². The summed E-state index contributed by atoms with van der Waals surface area (Å²) in [6, 6.07) is 26.9. The summed E-state index contributed by atoms with van der Waals surface area (Å²) in [6.45, 7) is 0. The number of fused-ring (bicyclic) bond motifs is 1. The summed E-state index contributed by atoms with van der Waals surface area (Å²) in [5.74, 6) is -3.01. The van der Waals surface area contributed by atoms with Gasteiger partial charge in [0.05, 0.1) is 30.2 Å². The fourth-order valence-corrected chi connectivity index (χ4v) is 5.17. The van der Waals surface area contributed by atoms with E-state index < -0.39 is 35.3 Å². The Labute approximate surface area is 185 Å². The second kappa shape index (κ2) is 7.73. The number of anilines is 1. The Hall–Kier alpha value is -3.77. The van der Waals surface area contributed by atoms with Gasteiger partial charge in [-0.3, -0.25) is 19.7 Å². The van der Waals surface area contributed by atoms with E-state index in [1.807, 2.05) is 66.7 Å². The zero-order valence-corrected chi connectivity index (χ0v) is 17.5. The lowest BCUT2D eigenvalue weighted by Crippen LogP contribution is -2.51. The minimum atomic E-state index is -1.07. The molecule has 6 nitrogen and oxygen atoms in total. The fraction of sp³-hybridized carbons (Fsp3) is 0.192. The van der Waals surface area contributed by atoms with E-state index in [0.29, 0.717) is 5.69 Å². The van der Waals surface area contributed by atoms with Crippen LogP contribution in [0, 0.1) is 11.8 Å². The van der Waals surface area contributed by atoms with Gasteiger partial charge in [0.15, 0.2) is 0 Å². The second-order valence-electron chi connectivity index (χ2n) is 8.04. The normalized spacial score (nSPS) is 23.8. The number of hydrogen-bond donors (Lipinski definition) is 1. The van der Waals surface area contributed by atoms with Crippen LogP contribution in [-0.2, 0) is 24.7 Å². The number of benzene rings is 3. The molecule has 2 heterocycles. The van der Waals surface area contributed by atoms with E-state index in [1.54, 1.807) is 24.3 Å². The minimum absolute atomic E-state index is 0.335. The molecule has 2 fully saturated rings. The van der Waals surface area contributed by atoms with Gasteiger partial charge in [0.2, 0.25) is 11.8 Å². The van der Waals surface area contributed by atoms with Crippen molar-refractivity contribution in [1.29, 1.82) is 0 Å². The van der Waals surface area contributed by atoms with Crippen molar-refractivity contribution in [1.82, 2.24) is 5.32 Å². The lowest BCUT2D eigenvalue weighted by molar-refractivity contribution is -0.145. The van der Waals surface area contributed by atoms with Gasteiger partial charge in [-0.15, -0.1) is 0 Å². The van der Waals surface area contributed by atoms with E-state index >= 15 is 0 Å². The van der Waals surface area contributed by atoms with Crippen molar-refractivity contribution >= 4 is 23.5 Å². The highest BCUT2D eigenvalue weighted by molar-refractivity contribution is 6.24. The van der Waals surface area contributed by atoms with Gasteiger partial charge in [-0.05, 0) is 23.3 Å². The number of ether oxygens (including phenoxy) is 1. The van der Waals surface area contributed by atoms with Crippen LogP contribution >= 0.6 is 0 Å². The maximum absolute atomic E-state index is 13.9. The molecule has 2 amide bonds. The van der Waals surface area contributed by atoms with Crippen LogP contribution in [0.4, 0.5) is 5.69 Å². The summed E-state index contributed by atoms with van der Waals surface area (Å²) < 4.78 is 5.05. The lowest BCUT2D eigenvalue weighted by atomic mass is 9.72. The van der Waals surface area contributed by atoms with Crippen molar-refractivity contribution < 1.29 is 19.1 Å². The molecule has 1 N–H and O–H groups in total. The largest absolute Gasteiger partial charge is 0.468 e. The third-order valence-electron chi connectivity index (χ3n) is 6.49. The highest BCUT2D eigenvalue weighted by Gasteiger charge is 2.68. The van der Waals surface area contributed by atoms with Gasteiger partial charge < -0.3 is 4.74 Å². The number of carbonyl (C=O) groups is 3. The third kappa shape index (κ3) is 2.80. The Morgan fingerprint density at radius 1 is 0.812 bits per heavy atom. The van der Waals surface area contributed by atoms with Crippen LogP contribution in [0.5, 0.6) is 0 Å². The average Bonchev–Trinajstić information content (AvgIpc) is 3.35. The fourth-order valence-electron chi connectivity index (χ4n) is 5.17. The number of esters is 1.